The molecular formula is C19H13ClFN7O3S2. The Morgan fingerprint density at radius 1 is 1.33 bits per heavy atom. The third-order valence-corrected chi connectivity index (χ3v) is 7.25. The van der Waals surface area contributed by atoms with Gasteiger partial charge in [0.1, 0.15) is 16.8 Å². The highest BCUT2D eigenvalue weighted by molar-refractivity contribution is 7.19. The van der Waals surface area contributed by atoms with Crippen LogP contribution in [-0.2, 0) is 13.1 Å². The monoisotopic (exact) mass is 505 g/mol. The average molecular weight is 506 g/mol. The number of hydrogen-bond acceptors (Lipinski definition) is 9. The lowest BCUT2D eigenvalue weighted by Crippen LogP contribution is -2.23. The van der Waals surface area contributed by atoms with Crippen molar-refractivity contribution in [3.8, 4) is 0 Å². The molecule has 4 aromatic heterocycles. The van der Waals surface area contributed by atoms with Crippen molar-refractivity contribution < 1.29 is 14.3 Å². The van der Waals surface area contributed by atoms with Crippen LogP contribution in [0.3, 0.4) is 0 Å². The van der Waals surface area contributed by atoms with E-state index in [0.29, 0.717) is 14.4 Å². The van der Waals surface area contributed by atoms with Gasteiger partial charge in [0.15, 0.2) is 5.82 Å². The number of rotatable bonds is 6. The summed E-state index contributed by atoms with van der Waals surface area (Å²) in [7, 11) is 0. The van der Waals surface area contributed by atoms with E-state index in [1.807, 2.05) is 0 Å². The Labute approximate surface area is 196 Å². The fraction of sp³-hybridized carbons (Fsp3) is 0.158. The van der Waals surface area contributed by atoms with E-state index >= 15 is 0 Å². The number of nitrogens with two attached hydrogens (primary N) is 1. The Morgan fingerprint density at radius 2 is 2.15 bits per heavy atom. The molecule has 10 nitrogen and oxygen atoms in total. The molecule has 14 heteroatoms. The highest BCUT2D eigenvalue weighted by Gasteiger charge is 2.18. The Bertz CT molecular complexity index is 1550. The van der Waals surface area contributed by atoms with E-state index in [4.69, 9.17) is 17.3 Å². The van der Waals surface area contributed by atoms with Gasteiger partial charge in [-0.1, -0.05) is 11.6 Å². The lowest BCUT2D eigenvalue weighted by molar-refractivity contribution is 0.100. The molecule has 0 unspecified atom stereocenters. The van der Waals surface area contributed by atoms with Gasteiger partial charge in [0.2, 0.25) is 5.91 Å². The van der Waals surface area contributed by atoms with E-state index in [1.54, 1.807) is 6.07 Å². The smallest absolute Gasteiger partial charge is 0.263 e. The molecule has 0 fully saturated rings. The van der Waals surface area contributed by atoms with Crippen LogP contribution in [-0.4, -0.2) is 40.8 Å². The first-order valence-corrected chi connectivity index (χ1v) is 11.5. The number of fused-ring (bicyclic) bond motifs is 2. The quantitative estimate of drug-likeness (QED) is 0.360. The molecule has 5 aromatic rings. The summed E-state index contributed by atoms with van der Waals surface area (Å²) in [6, 6.07) is 4.56. The second-order valence-electron chi connectivity index (χ2n) is 7.10. The number of aliphatic hydroxyl groups is 1. The van der Waals surface area contributed by atoms with Gasteiger partial charge >= 0.3 is 0 Å². The number of primary amides is 1. The largest absolute Gasteiger partial charge is 0.386 e. The van der Waals surface area contributed by atoms with Crippen LogP contribution in [0.25, 0.3) is 20.3 Å². The van der Waals surface area contributed by atoms with Crippen LogP contribution in [0.15, 0.2) is 34.7 Å². The molecule has 3 N–H and O–H groups in total. The van der Waals surface area contributed by atoms with E-state index in [2.05, 4.69) is 20.4 Å². The number of thiophene rings is 2. The predicted molar refractivity (Wildman–Crippen MR) is 121 cm³/mol. The standard InChI is InChI=1S/C19H13ClFN7O3S2/c20-10-1-8-2-14(33-13(8)3-11(10)21)12(29)4-28-25-15(24-26-28)5-27-7-23-18-16(19(27)31)9(6-32-18)17(22)30/h1-3,6-7,12,29H,4-5H2,(H2,22,30)/t12-/m0/s1. The van der Waals surface area contributed by atoms with Gasteiger partial charge in [0, 0.05) is 15.0 Å². The lowest BCUT2D eigenvalue weighted by Gasteiger charge is -2.06. The van der Waals surface area contributed by atoms with Crippen molar-refractivity contribution >= 4 is 60.5 Å². The van der Waals surface area contributed by atoms with Crippen molar-refractivity contribution in [1.82, 2.24) is 29.8 Å². The molecule has 0 saturated heterocycles. The number of halogens is 2. The van der Waals surface area contributed by atoms with Crippen LogP contribution < -0.4 is 11.3 Å². The van der Waals surface area contributed by atoms with Gasteiger partial charge in [-0.2, -0.15) is 4.80 Å². The molecule has 1 amide bonds. The van der Waals surface area contributed by atoms with E-state index in [-0.39, 0.29) is 34.9 Å². The number of amides is 1. The normalized spacial score (nSPS) is 12.6. The number of nitrogens with zero attached hydrogens (tertiary/aromatic N) is 6. The van der Waals surface area contributed by atoms with Crippen molar-refractivity contribution in [1.29, 1.82) is 0 Å². The van der Waals surface area contributed by atoms with Crippen molar-refractivity contribution in [2.45, 2.75) is 19.2 Å². The summed E-state index contributed by atoms with van der Waals surface area (Å²) < 4.78 is 15.6. The maximum atomic E-state index is 13.7. The first-order valence-electron chi connectivity index (χ1n) is 9.40. The number of benzene rings is 1. The zero-order valence-electron chi connectivity index (χ0n) is 16.5. The van der Waals surface area contributed by atoms with Crippen LogP contribution in [0.4, 0.5) is 4.39 Å². The summed E-state index contributed by atoms with van der Waals surface area (Å²) >= 11 is 8.21. The summed E-state index contributed by atoms with van der Waals surface area (Å²) in [6.45, 7) is -0.0366. The minimum Gasteiger partial charge on any atom is -0.386 e. The van der Waals surface area contributed by atoms with Crippen LogP contribution in [0, 0.1) is 5.82 Å². The second kappa shape index (κ2) is 8.26. The van der Waals surface area contributed by atoms with Crippen molar-refractivity contribution in [2.75, 3.05) is 0 Å². The number of carbonyl (C=O) groups is 1. The molecule has 5 rings (SSSR count). The lowest BCUT2D eigenvalue weighted by atomic mass is 10.2. The second-order valence-corrected chi connectivity index (χ2v) is 9.48. The summed E-state index contributed by atoms with van der Waals surface area (Å²) in [4.78, 5) is 30.8. The molecular weight excluding hydrogens is 493 g/mol. The Balaban J connectivity index is 1.35. The molecule has 0 bridgehead atoms. The minimum absolute atomic E-state index is 0.00141. The van der Waals surface area contributed by atoms with Crippen LogP contribution in [0.5, 0.6) is 0 Å². The van der Waals surface area contributed by atoms with Gasteiger partial charge in [0.05, 0.1) is 35.4 Å². The first kappa shape index (κ1) is 21.6. The highest BCUT2D eigenvalue weighted by atomic mass is 35.5. The maximum Gasteiger partial charge on any atom is 0.263 e. The topological polar surface area (TPSA) is 142 Å². The molecule has 1 atom stereocenters. The molecule has 0 spiro atoms. The van der Waals surface area contributed by atoms with E-state index in [1.165, 1.54) is 44.5 Å². The van der Waals surface area contributed by atoms with E-state index < -0.39 is 23.4 Å². The van der Waals surface area contributed by atoms with Crippen molar-refractivity contribution in [3.63, 3.8) is 0 Å². The Morgan fingerprint density at radius 3 is 2.94 bits per heavy atom. The summed E-state index contributed by atoms with van der Waals surface area (Å²) in [6.07, 6.45) is 0.374. The fourth-order valence-electron chi connectivity index (χ4n) is 3.29. The molecule has 4 heterocycles. The zero-order chi connectivity index (χ0) is 23.3. The van der Waals surface area contributed by atoms with Crippen LogP contribution >= 0.6 is 34.3 Å². The number of hydrogen-bond donors (Lipinski definition) is 2. The molecule has 0 radical (unpaired) electrons. The SMILES string of the molecule is NC(=O)c1csc2ncn(Cc3nnn(C[C@H](O)c4cc5cc(Cl)c(F)cc5s4)n3)c(=O)c12. The van der Waals surface area contributed by atoms with Gasteiger partial charge in [-0.05, 0) is 28.8 Å². The summed E-state index contributed by atoms with van der Waals surface area (Å²) in [5, 5.41) is 25.0. The number of tetrazole rings is 1. The molecule has 0 aliphatic carbocycles. The zero-order valence-corrected chi connectivity index (χ0v) is 18.9. The van der Waals surface area contributed by atoms with E-state index in [9.17, 15) is 19.1 Å². The van der Waals surface area contributed by atoms with Crippen molar-refractivity contribution in [2.24, 2.45) is 5.73 Å². The number of aromatic nitrogens is 6. The third-order valence-electron chi connectivity index (χ3n) is 4.88. The van der Waals surface area contributed by atoms with Crippen LogP contribution in [0.1, 0.15) is 27.2 Å². The van der Waals surface area contributed by atoms with Gasteiger partial charge in [-0.15, -0.1) is 32.9 Å². The summed E-state index contributed by atoms with van der Waals surface area (Å²) in [5.41, 5.74) is 5.01. The third kappa shape index (κ3) is 3.99. The van der Waals surface area contributed by atoms with Crippen LogP contribution in [0.2, 0.25) is 5.02 Å². The molecule has 0 aliphatic rings. The highest BCUT2D eigenvalue weighted by Crippen LogP contribution is 2.33. The molecule has 1 aromatic carbocycles. The predicted octanol–water partition coefficient (Wildman–Crippen LogP) is 2.33. The average Bonchev–Trinajstić information content (AvgIpc) is 3.49. The number of aliphatic hydroxyl groups excluding tert-OH is 1. The number of carbonyl (C=O) groups excluding carboxylic acids is 1. The molecule has 0 aliphatic heterocycles. The van der Waals surface area contributed by atoms with Crippen molar-refractivity contribution in [3.05, 3.63) is 67.4 Å². The van der Waals surface area contributed by atoms with Gasteiger partial charge in [0.25, 0.3) is 5.56 Å². The molecule has 168 valence electrons. The minimum atomic E-state index is -0.962. The Kier molecular flexibility index (Phi) is 5.40. The maximum absolute atomic E-state index is 13.7. The van der Waals surface area contributed by atoms with Gasteiger partial charge in [-0.3, -0.25) is 14.2 Å². The molecule has 33 heavy (non-hydrogen) atoms. The first-order chi connectivity index (χ1) is 15.8. The van der Waals surface area contributed by atoms with E-state index in [0.717, 1.165) is 16.7 Å². The fourth-order valence-corrected chi connectivity index (χ4v) is 5.40. The molecule has 0 saturated carbocycles. The van der Waals surface area contributed by atoms with Gasteiger partial charge < -0.3 is 10.8 Å². The summed E-state index contributed by atoms with van der Waals surface area (Å²) in [5.74, 6) is -1.02. The Hall–Kier alpha value is -3.26. The van der Waals surface area contributed by atoms with Gasteiger partial charge in [-0.25, -0.2) is 9.37 Å².